The van der Waals surface area contributed by atoms with Gasteiger partial charge in [0.15, 0.2) is 0 Å². The normalized spacial score (nSPS) is 15.1. The molecule has 3 heteroatoms. The molecule has 0 aliphatic heterocycles. The zero-order valence-electron chi connectivity index (χ0n) is 9.94. The molecule has 1 fully saturated rings. The van der Waals surface area contributed by atoms with Crippen molar-refractivity contribution in [2.24, 2.45) is 0 Å². The van der Waals surface area contributed by atoms with Crippen molar-refractivity contribution in [1.29, 1.82) is 0 Å². The van der Waals surface area contributed by atoms with E-state index in [0.29, 0.717) is 0 Å². The molecule has 0 bridgehead atoms. The van der Waals surface area contributed by atoms with Crippen LogP contribution in [0.3, 0.4) is 0 Å². The van der Waals surface area contributed by atoms with E-state index in [9.17, 15) is 0 Å². The van der Waals surface area contributed by atoms with Crippen LogP contribution in [0.25, 0.3) is 10.4 Å². The van der Waals surface area contributed by atoms with Crippen molar-refractivity contribution in [3.8, 4) is 10.4 Å². The summed E-state index contributed by atoms with van der Waals surface area (Å²) in [5.74, 6) is 0. The number of nitrogens with zero attached hydrogens (tertiary/aromatic N) is 1. The van der Waals surface area contributed by atoms with Crippen molar-refractivity contribution in [2.45, 2.75) is 32.4 Å². The maximum atomic E-state index is 4.49. The van der Waals surface area contributed by atoms with Gasteiger partial charge in [-0.2, -0.15) is 0 Å². The lowest BCUT2D eigenvalue weighted by molar-refractivity contribution is 0.684. The van der Waals surface area contributed by atoms with Gasteiger partial charge in [-0.05, 0) is 30.9 Å². The first-order valence-corrected chi connectivity index (χ1v) is 6.88. The molecule has 2 aromatic rings. The SMILES string of the molecule is Cc1ccccc1-c1cnc(CNC2CC2)s1. The van der Waals surface area contributed by atoms with Gasteiger partial charge < -0.3 is 5.32 Å². The van der Waals surface area contributed by atoms with E-state index in [1.807, 2.05) is 6.20 Å². The van der Waals surface area contributed by atoms with E-state index in [2.05, 4.69) is 41.5 Å². The molecular formula is C14H16N2S. The molecule has 1 N–H and O–H groups in total. The summed E-state index contributed by atoms with van der Waals surface area (Å²) < 4.78 is 0. The van der Waals surface area contributed by atoms with E-state index in [1.165, 1.54) is 33.9 Å². The van der Waals surface area contributed by atoms with E-state index in [-0.39, 0.29) is 0 Å². The van der Waals surface area contributed by atoms with Crippen molar-refractivity contribution in [1.82, 2.24) is 10.3 Å². The molecule has 0 spiro atoms. The molecule has 3 rings (SSSR count). The summed E-state index contributed by atoms with van der Waals surface area (Å²) in [4.78, 5) is 5.76. The Hall–Kier alpha value is -1.19. The first-order valence-electron chi connectivity index (χ1n) is 6.07. The monoisotopic (exact) mass is 244 g/mol. The number of rotatable bonds is 4. The quantitative estimate of drug-likeness (QED) is 0.892. The molecule has 1 heterocycles. The first kappa shape index (κ1) is 10.9. The lowest BCUT2D eigenvalue weighted by atomic mass is 10.1. The summed E-state index contributed by atoms with van der Waals surface area (Å²) in [5.41, 5.74) is 2.63. The van der Waals surface area contributed by atoms with Gasteiger partial charge in [-0.15, -0.1) is 11.3 Å². The van der Waals surface area contributed by atoms with Crippen LogP contribution >= 0.6 is 11.3 Å². The fraction of sp³-hybridized carbons (Fsp3) is 0.357. The van der Waals surface area contributed by atoms with Crippen LogP contribution in [0.4, 0.5) is 0 Å². The van der Waals surface area contributed by atoms with Crippen LogP contribution in [0, 0.1) is 6.92 Å². The van der Waals surface area contributed by atoms with Crippen LogP contribution < -0.4 is 5.32 Å². The fourth-order valence-corrected chi connectivity index (χ4v) is 2.84. The van der Waals surface area contributed by atoms with Gasteiger partial charge in [0.25, 0.3) is 0 Å². The van der Waals surface area contributed by atoms with Gasteiger partial charge in [0, 0.05) is 18.8 Å². The van der Waals surface area contributed by atoms with Crippen molar-refractivity contribution in [3.05, 3.63) is 41.0 Å². The molecule has 0 unspecified atom stereocenters. The molecule has 1 aliphatic carbocycles. The number of aryl methyl sites for hydroxylation is 1. The van der Waals surface area contributed by atoms with Crippen LogP contribution in [-0.4, -0.2) is 11.0 Å². The highest BCUT2D eigenvalue weighted by Crippen LogP contribution is 2.29. The molecule has 0 atom stereocenters. The maximum Gasteiger partial charge on any atom is 0.107 e. The van der Waals surface area contributed by atoms with Crippen LogP contribution in [0.15, 0.2) is 30.5 Å². The maximum absolute atomic E-state index is 4.49. The number of hydrogen-bond acceptors (Lipinski definition) is 3. The predicted octanol–water partition coefficient (Wildman–Crippen LogP) is 3.37. The number of nitrogens with one attached hydrogen (secondary N) is 1. The minimum Gasteiger partial charge on any atom is -0.308 e. The summed E-state index contributed by atoms with van der Waals surface area (Å²) >= 11 is 1.80. The molecule has 1 aliphatic rings. The molecule has 17 heavy (non-hydrogen) atoms. The van der Waals surface area contributed by atoms with Crippen LogP contribution in [0.5, 0.6) is 0 Å². The highest BCUT2D eigenvalue weighted by atomic mass is 32.1. The molecular weight excluding hydrogens is 228 g/mol. The molecule has 1 aromatic heterocycles. The van der Waals surface area contributed by atoms with Gasteiger partial charge in [0.05, 0.1) is 4.88 Å². The highest BCUT2D eigenvalue weighted by Gasteiger charge is 2.20. The summed E-state index contributed by atoms with van der Waals surface area (Å²) in [7, 11) is 0. The van der Waals surface area contributed by atoms with E-state index in [4.69, 9.17) is 0 Å². The minimum absolute atomic E-state index is 0.751. The third kappa shape index (κ3) is 2.56. The average Bonchev–Trinajstić information content (AvgIpc) is 3.06. The molecule has 0 amide bonds. The number of thiazole rings is 1. The third-order valence-corrected chi connectivity index (χ3v) is 4.11. The van der Waals surface area contributed by atoms with E-state index in [0.717, 1.165) is 12.6 Å². The Morgan fingerprint density at radius 2 is 2.18 bits per heavy atom. The highest BCUT2D eigenvalue weighted by molar-refractivity contribution is 7.15. The Morgan fingerprint density at radius 3 is 2.94 bits per heavy atom. The van der Waals surface area contributed by atoms with Gasteiger partial charge >= 0.3 is 0 Å². The first-order chi connectivity index (χ1) is 8.33. The van der Waals surface area contributed by atoms with Crippen molar-refractivity contribution in [3.63, 3.8) is 0 Å². The Balaban J connectivity index is 1.77. The molecule has 2 nitrogen and oxygen atoms in total. The summed E-state index contributed by atoms with van der Waals surface area (Å²) in [6, 6.07) is 9.23. The number of hydrogen-bond donors (Lipinski definition) is 1. The zero-order valence-corrected chi connectivity index (χ0v) is 10.8. The van der Waals surface area contributed by atoms with E-state index >= 15 is 0 Å². The smallest absolute Gasteiger partial charge is 0.107 e. The molecule has 0 radical (unpaired) electrons. The Kier molecular flexibility index (Phi) is 2.95. The zero-order chi connectivity index (χ0) is 11.7. The summed E-state index contributed by atoms with van der Waals surface area (Å²) in [5, 5.41) is 4.69. The van der Waals surface area contributed by atoms with E-state index in [1.54, 1.807) is 11.3 Å². The fourth-order valence-electron chi connectivity index (χ4n) is 1.88. The Labute approximate surface area is 106 Å². The number of benzene rings is 1. The van der Waals surface area contributed by atoms with Crippen LogP contribution in [-0.2, 0) is 6.54 Å². The van der Waals surface area contributed by atoms with Crippen LogP contribution in [0.2, 0.25) is 0 Å². The minimum atomic E-state index is 0.751. The second-order valence-electron chi connectivity index (χ2n) is 4.59. The Morgan fingerprint density at radius 1 is 1.35 bits per heavy atom. The lowest BCUT2D eigenvalue weighted by Crippen LogP contribution is -2.14. The van der Waals surface area contributed by atoms with Crippen LogP contribution in [0.1, 0.15) is 23.4 Å². The van der Waals surface area contributed by atoms with Gasteiger partial charge in [-0.3, -0.25) is 0 Å². The second-order valence-corrected chi connectivity index (χ2v) is 5.70. The predicted molar refractivity (Wildman–Crippen MR) is 72.1 cm³/mol. The summed E-state index contributed by atoms with van der Waals surface area (Å²) in [6.45, 7) is 3.07. The number of aromatic nitrogens is 1. The van der Waals surface area contributed by atoms with Gasteiger partial charge in [0.2, 0.25) is 0 Å². The topological polar surface area (TPSA) is 24.9 Å². The third-order valence-electron chi connectivity index (χ3n) is 3.08. The second kappa shape index (κ2) is 4.59. The molecule has 1 saturated carbocycles. The van der Waals surface area contributed by atoms with Gasteiger partial charge in [-0.1, -0.05) is 24.3 Å². The average molecular weight is 244 g/mol. The summed E-state index contributed by atoms with van der Waals surface area (Å²) in [6.07, 6.45) is 4.66. The lowest BCUT2D eigenvalue weighted by Gasteiger charge is -2.01. The van der Waals surface area contributed by atoms with Crippen molar-refractivity contribution in [2.75, 3.05) is 0 Å². The largest absolute Gasteiger partial charge is 0.308 e. The Bertz CT molecular complexity index is 514. The van der Waals surface area contributed by atoms with E-state index < -0.39 is 0 Å². The van der Waals surface area contributed by atoms with Gasteiger partial charge in [-0.25, -0.2) is 4.98 Å². The molecule has 88 valence electrons. The van der Waals surface area contributed by atoms with Gasteiger partial charge in [0.1, 0.15) is 5.01 Å². The van der Waals surface area contributed by atoms with Crippen molar-refractivity contribution >= 4 is 11.3 Å². The molecule has 1 aromatic carbocycles. The van der Waals surface area contributed by atoms with Crippen molar-refractivity contribution < 1.29 is 0 Å². The standard InChI is InChI=1S/C14H16N2S/c1-10-4-2-3-5-12(10)13-8-16-14(17-13)9-15-11-6-7-11/h2-5,8,11,15H,6-7,9H2,1H3. The molecule has 0 saturated heterocycles.